The standard InChI is InChI=1S/C19H18ClN/c20-15-8-9-17-16-4-2-1-3-14(16)7-10-19(18(17)11-15)21-12-13-5-6-13/h1,3,7-11,13H,2,4-6,12H2. The molecule has 1 saturated carbocycles. The van der Waals surface area contributed by atoms with E-state index in [0.29, 0.717) is 0 Å². The maximum absolute atomic E-state index is 6.24. The van der Waals surface area contributed by atoms with Gasteiger partial charge in [0.1, 0.15) is 0 Å². The lowest BCUT2D eigenvalue weighted by molar-refractivity contribution is 0.829. The normalized spacial score (nSPS) is 18.0. The Morgan fingerprint density at radius 2 is 2.00 bits per heavy atom. The van der Waals surface area contributed by atoms with Gasteiger partial charge in [-0.05, 0) is 66.3 Å². The maximum Gasteiger partial charge on any atom is 0.0653 e. The summed E-state index contributed by atoms with van der Waals surface area (Å²) in [7, 11) is 0. The lowest BCUT2D eigenvalue weighted by atomic mass is 9.96. The van der Waals surface area contributed by atoms with Crippen LogP contribution >= 0.6 is 11.6 Å². The van der Waals surface area contributed by atoms with E-state index in [9.17, 15) is 0 Å². The highest BCUT2D eigenvalue weighted by atomic mass is 35.5. The van der Waals surface area contributed by atoms with Gasteiger partial charge in [-0.3, -0.25) is 4.99 Å². The first kappa shape index (κ1) is 13.1. The average molecular weight is 296 g/mol. The molecule has 21 heavy (non-hydrogen) atoms. The lowest BCUT2D eigenvalue weighted by Gasteiger charge is -2.09. The van der Waals surface area contributed by atoms with E-state index in [4.69, 9.17) is 16.6 Å². The van der Waals surface area contributed by atoms with E-state index >= 15 is 0 Å². The molecule has 1 fully saturated rings. The Morgan fingerprint density at radius 1 is 1.10 bits per heavy atom. The van der Waals surface area contributed by atoms with Gasteiger partial charge in [-0.25, -0.2) is 0 Å². The Labute approximate surface area is 130 Å². The fourth-order valence-corrected chi connectivity index (χ4v) is 3.22. The Morgan fingerprint density at radius 3 is 2.86 bits per heavy atom. The third-order valence-corrected chi connectivity index (χ3v) is 4.66. The summed E-state index contributed by atoms with van der Waals surface area (Å²) in [5.41, 5.74) is 2.75. The molecule has 0 atom stereocenters. The molecule has 0 unspecified atom stereocenters. The van der Waals surface area contributed by atoms with Gasteiger partial charge in [0, 0.05) is 17.0 Å². The van der Waals surface area contributed by atoms with Crippen LogP contribution in [0.1, 0.15) is 30.4 Å². The molecule has 0 heterocycles. The van der Waals surface area contributed by atoms with Gasteiger partial charge in [0.2, 0.25) is 0 Å². The van der Waals surface area contributed by atoms with E-state index in [1.807, 2.05) is 6.07 Å². The molecule has 2 aromatic carbocycles. The molecule has 4 rings (SSSR count). The minimum absolute atomic E-state index is 0.789. The molecule has 0 amide bonds. The van der Waals surface area contributed by atoms with E-state index in [1.165, 1.54) is 34.7 Å². The number of nitrogens with zero attached hydrogens (tertiary/aromatic N) is 1. The van der Waals surface area contributed by atoms with Crippen molar-refractivity contribution in [1.82, 2.24) is 0 Å². The van der Waals surface area contributed by atoms with Gasteiger partial charge in [-0.2, -0.15) is 0 Å². The third kappa shape index (κ3) is 2.63. The van der Waals surface area contributed by atoms with E-state index in [0.717, 1.165) is 35.7 Å². The molecule has 106 valence electrons. The molecule has 2 aliphatic rings. The Bertz CT molecular complexity index is 800. The van der Waals surface area contributed by atoms with Crippen LogP contribution in [0.5, 0.6) is 0 Å². The number of hydrogen-bond donors (Lipinski definition) is 0. The summed E-state index contributed by atoms with van der Waals surface area (Å²) in [5, 5.41) is 4.37. The second-order valence-corrected chi connectivity index (χ2v) is 6.50. The highest BCUT2D eigenvalue weighted by Gasteiger charge is 2.20. The number of rotatable bonds is 2. The first-order valence-corrected chi connectivity index (χ1v) is 8.11. The third-order valence-electron chi connectivity index (χ3n) is 4.43. The van der Waals surface area contributed by atoms with E-state index in [1.54, 1.807) is 0 Å². The predicted molar refractivity (Wildman–Crippen MR) is 89.5 cm³/mol. The minimum Gasteiger partial charge on any atom is -0.284 e. The van der Waals surface area contributed by atoms with E-state index in [2.05, 4.69) is 36.4 Å². The number of aryl methyl sites for hydroxylation is 1. The van der Waals surface area contributed by atoms with Gasteiger partial charge in [0.05, 0.1) is 5.36 Å². The first-order chi connectivity index (χ1) is 10.3. The fourth-order valence-electron chi connectivity index (χ4n) is 3.05. The number of fused-ring (bicyclic) bond motifs is 3. The van der Waals surface area contributed by atoms with Gasteiger partial charge >= 0.3 is 0 Å². The van der Waals surface area contributed by atoms with Crippen LogP contribution in [0.25, 0.3) is 16.8 Å². The Hall–Kier alpha value is -1.60. The molecule has 0 radical (unpaired) electrons. The van der Waals surface area contributed by atoms with Gasteiger partial charge in [-0.1, -0.05) is 35.9 Å². The average Bonchev–Trinajstić information content (AvgIpc) is 3.32. The number of halogens is 1. The molecule has 0 bridgehead atoms. The van der Waals surface area contributed by atoms with Gasteiger partial charge in [0.15, 0.2) is 0 Å². The first-order valence-electron chi connectivity index (χ1n) is 7.74. The summed E-state index contributed by atoms with van der Waals surface area (Å²) in [4.78, 5) is 4.87. The summed E-state index contributed by atoms with van der Waals surface area (Å²) < 4.78 is 0. The van der Waals surface area contributed by atoms with Crippen molar-refractivity contribution in [1.29, 1.82) is 0 Å². The zero-order valence-electron chi connectivity index (χ0n) is 12.0. The molecule has 2 heteroatoms. The molecule has 2 aromatic rings. The second kappa shape index (κ2) is 5.31. The molecule has 0 spiro atoms. The van der Waals surface area contributed by atoms with Crippen molar-refractivity contribution in [2.24, 2.45) is 10.9 Å². The topological polar surface area (TPSA) is 12.4 Å². The number of hydrogen-bond acceptors (Lipinski definition) is 1. The molecule has 0 saturated heterocycles. The van der Waals surface area contributed by atoms with Crippen LogP contribution in [0.3, 0.4) is 0 Å². The SMILES string of the molecule is Clc1ccc2c3c(ccc(=NCC4CC4)c2c1)C=CCC3. The van der Waals surface area contributed by atoms with Crippen molar-refractivity contribution in [2.75, 3.05) is 6.54 Å². The highest BCUT2D eigenvalue weighted by molar-refractivity contribution is 6.31. The fraction of sp³-hybridized carbons (Fsp3) is 0.316. The lowest BCUT2D eigenvalue weighted by Crippen LogP contribution is -2.02. The van der Waals surface area contributed by atoms with Crippen molar-refractivity contribution in [3.8, 4) is 0 Å². The predicted octanol–water partition coefficient (Wildman–Crippen LogP) is 4.76. The summed E-state index contributed by atoms with van der Waals surface area (Å²) in [6.07, 6.45) is 9.37. The molecule has 2 aliphatic carbocycles. The Kier molecular flexibility index (Phi) is 3.31. The van der Waals surface area contributed by atoms with Crippen LogP contribution < -0.4 is 5.36 Å². The molecule has 0 N–H and O–H groups in total. The van der Waals surface area contributed by atoms with Crippen LogP contribution in [0.15, 0.2) is 41.4 Å². The largest absolute Gasteiger partial charge is 0.284 e. The molecular formula is C19H18ClN. The second-order valence-electron chi connectivity index (χ2n) is 6.07. The summed E-state index contributed by atoms with van der Waals surface area (Å²) in [5.74, 6) is 0.805. The zero-order chi connectivity index (χ0) is 14.2. The van der Waals surface area contributed by atoms with Crippen LogP contribution in [-0.4, -0.2) is 6.54 Å². The quantitative estimate of drug-likeness (QED) is 0.757. The highest BCUT2D eigenvalue weighted by Crippen LogP contribution is 2.29. The smallest absolute Gasteiger partial charge is 0.0653 e. The van der Waals surface area contributed by atoms with Crippen LogP contribution in [0, 0.1) is 5.92 Å². The van der Waals surface area contributed by atoms with Gasteiger partial charge in [0.25, 0.3) is 0 Å². The van der Waals surface area contributed by atoms with Crippen molar-refractivity contribution in [3.63, 3.8) is 0 Å². The molecule has 0 aliphatic heterocycles. The summed E-state index contributed by atoms with van der Waals surface area (Å²) in [6.45, 7) is 0.951. The summed E-state index contributed by atoms with van der Waals surface area (Å²) in [6, 6.07) is 10.6. The van der Waals surface area contributed by atoms with Crippen LogP contribution in [-0.2, 0) is 6.42 Å². The van der Waals surface area contributed by atoms with Gasteiger partial charge in [-0.15, -0.1) is 0 Å². The van der Waals surface area contributed by atoms with Crippen molar-refractivity contribution >= 4 is 28.4 Å². The van der Waals surface area contributed by atoms with E-state index < -0.39 is 0 Å². The molecule has 1 nitrogen and oxygen atoms in total. The van der Waals surface area contributed by atoms with E-state index in [-0.39, 0.29) is 0 Å². The minimum atomic E-state index is 0.789. The molecular weight excluding hydrogens is 278 g/mol. The van der Waals surface area contributed by atoms with Gasteiger partial charge < -0.3 is 0 Å². The van der Waals surface area contributed by atoms with Crippen molar-refractivity contribution in [3.05, 3.63) is 57.9 Å². The monoisotopic (exact) mass is 295 g/mol. The van der Waals surface area contributed by atoms with Crippen LogP contribution in [0.4, 0.5) is 0 Å². The molecule has 0 aromatic heterocycles. The van der Waals surface area contributed by atoms with Crippen molar-refractivity contribution < 1.29 is 0 Å². The maximum atomic E-state index is 6.24. The Balaban J connectivity index is 2.03. The van der Waals surface area contributed by atoms with Crippen LogP contribution in [0.2, 0.25) is 5.02 Å². The van der Waals surface area contributed by atoms with Crippen molar-refractivity contribution in [2.45, 2.75) is 25.7 Å². The zero-order valence-corrected chi connectivity index (χ0v) is 12.7. The number of benzene rings is 1. The summed E-state index contributed by atoms with van der Waals surface area (Å²) >= 11 is 6.24. The number of allylic oxidation sites excluding steroid dienone is 1.